The molecule has 0 spiro atoms. The zero-order chi connectivity index (χ0) is 40.5. The molecule has 1 aliphatic heterocycles. The SMILES string of the molecule is CCCCC/C=C\C/C=C\C/C=C\CC1OC1CCCC(=O)OC[C@H](COP(=O)(O)OCC[N+](C)(C)C)OC(=O)CCCCCCC/C=C\CCCCCC. The summed E-state index contributed by atoms with van der Waals surface area (Å²) in [7, 11) is 1.42. The van der Waals surface area contributed by atoms with Gasteiger partial charge in [-0.1, -0.05) is 114 Å². The van der Waals surface area contributed by atoms with Crippen molar-refractivity contribution < 1.29 is 46.8 Å². The highest BCUT2D eigenvalue weighted by Gasteiger charge is 2.36. The highest BCUT2D eigenvalue weighted by atomic mass is 31.2. The number of epoxide rings is 1. The lowest BCUT2D eigenvalue weighted by Gasteiger charge is -2.24. The number of esters is 2. The first-order chi connectivity index (χ1) is 26.5. The highest BCUT2D eigenvalue weighted by Crippen LogP contribution is 2.43. The number of nitrogens with zero attached hydrogens (tertiary/aromatic N) is 1. The number of phosphoric acid groups is 1. The number of phosphoric ester groups is 1. The zero-order valence-corrected chi connectivity index (χ0v) is 36.2. The molecule has 0 aromatic heterocycles. The van der Waals surface area contributed by atoms with Gasteiger partial charge in [-0.25, -0.2) is 4.57 Å². The number of rotatable bonds is 37. The second-order valence-electron chi connectivity index (χ2n) is 15.8. The van der Waals surface area contributed by atoms with Gasteiger partial charge in [0.2, 0.25) is 0 Å². The van der Waals surface area contributed by atoms with Crippen LogP contribution in [0.5, 0.6) is 0 Å². The lowest BCUT2D eigenvalue weighted by Crippen LogP contribution is -2.37. The molecule has 318 valence electrons. The molecule has 0 aliphatic carbocycles. The Labute approximate surface area is 335 Å². The van der Waals surface area contributed by atoms with Crippen molar-refractivity contribution in [1.29, 1.82) is 0 Å². The van der Waals surface area contributed by atoms with Crippen LogP contribution < -0.4 is 0 Å². The molecule has 1 fully saturated rings. The minimum Gasteiger partial charge on any atom is -0.462 e. The lowest BCUT2D eigenvalue weighted by atomic mass is 10.1. The van der Waals surface area contributed by atoms with Crippen LogP contribution in [-0.4, -0.2) is 87.1 Å². The standard InChI is InChI=1S/C44H78NO9P/c1-6-8-10-12-14-16-18-20-22-24-26-28-30-34-44(47)53-40(39-52-55(48,49)51-37-36-45(3,4)5)38-50-43(46)35-31-33-42-41(54-42)32-29-27-25-23-21-19-17-15-13-11-9-7-2/h15-18,21,23,27,29,40-42H,6-14,19-20,22,24-26,28,30-39H2,1-5H3/p+1/b17-15-,18-16-,23-21-,29-27-/t40-,41?,42?/m1/s1. The van der Waals surface area contributed by atoms with E-state index in [2.05, 4.69) is 62.5 Å². The molecule has 0 bridgehead atoms. The number of allylic oxidation sites excluding steroid dienone is 7. The minimum absolute atomic E-state index is 0.0165. The average molecular weight is 797 g/mol. The minimum atomic E-state index is -4.40. The van der Waals surface area contributed by atoms with E-state index >= 15 is 0 Å². The van der Waals surface area contributed by atoms with Crippen molar-refractivity contribution in [2.75, 3.05) is 47.5 Å². The molecule has 4 atom stereocenters. The van der Waals surface area contributed by atoms with Crippen molar-refractivity contribution in [3.05, 3.63) is 48.6 Å². The van der Waals surface area contributed by atoms with E-state index in [0.29, 0.717) is 23.9 Å². The number of hydrogen-bond donors (Lipinski definition) is 1. The molecule has 1 N–H and O–H groups in total. The second-order valence-corrected chi connectivity index (χ2v) is 17.2. The Kier molecular flexibility index (Phi) is 30.5. The molecule has 1 saturated heterocycles. The normalized spacial score (nSPS) is 17.8. The number of carbonyl (C=O) groups excluding carboxylic acids is 2. The van der Waals surface area contributed by atoms with Gasteiger partial charge in [0.05, 0.1) is 40.0 Å². The fourth-order valence-corrected chi connectivity index (χ4v) is 6.48. The molecule has 10 nitrogen and oxygen atoms in total. The van der Waals surface area contributed by atoms with Crippen LogP contribution in [0, 0.1) is 0 Å². The summed E-state index contributed by atoms with van der Waals surface area (Å²) in [6, 6.07) is 0. The first-order valence-corrected chi connectivity index (χ1v) is 23.0. The van der Waals surface area contributed by atoms with E-state index in [1.54, 1.807) is 0 Å². The Balaban J connectivity index is 2.36. The van der Waals surface area contributed by atoms with Crippen LogP contribution >= 0.6 is 7.82 Å². The Morgan fingerprint density at radius 1 is 0.673 bits per heavy atom. The number of hydrogen-bond acceptors (Lipinski definition) is 8. The monoisotopic (exact) mass is 797 g/mol. The summed E-state index contributed by atoms with van der Waals surface area (Å²) >= 11 is 0. The maximum Gasteiger partial charge on any atom is 0.472 e. The quantitative estimate of drug-likeness (QED) is 0.0163. The Morgan fingerprint density at radius 2 is 1.22 bits per heavy atom. The van der Waals surface area contributed by atoms with E-state index in [4.69, 9.17) is 23.3 Å². The van der Waals surface area contributed by atoms with E-state index in [0.717, 1.165) is 64.2 Å². The van der Waals surface area contributed by atoms with E-state index < -0.39 is 32.5 Å². The fourth-order valence-electron chi connectivity index (χ4n) is 5.74. The van der Waals surface area contributed by atoms with Crippen LogP contribution in [0.15, 0.2) is 48.6 Å². The van der Waals surface area contributed by atoms with Gasteiger partial charge in [-0.2, -0.15) is 0 Å². The van der Waals surface area contributed by atoms with Gasteiger partial charge < -0.3 is 23.6 Å². The summed E-state index contributed by atoms with van der Waals surface area (Å²) in [5.41, 5.74) is 0. The van der Waals surface area contributed by atoms with E-state index in [9.17, 15) is 19.0 Å². The van der Waals surface area contributed by atoms with Gasteiger partial charge >= 0.3 is 19.8 Å². The predicted octanol–water partition coefficient (Wildman–Crippen LogP) is 10.9. The lowest BCUT2D eigenvalue weighted by molar-refractivity contribution is -0.870. The summed E-state index contributed by atoms with van der Waals surface area (Å²) < 4.78 is 40.0. The van der Waals surface area contributed by atoms with Crippen LogP contribution in [0.2, 0.25) is 0 Å². The van der Waals surface area contributed by atoms with Gasteiger partial charge in [0.1, 0.15) is 19.8 Å². The molecule has 11 heteroatoms. The third-order valence-electron chi connectivity index (χ3n) is 9.26. The van der Waals surface area contributed by atoms with Crippen LogP contribution in [0.4, 0.5) is 0 Å². The summed E-state index contributed by atoms with van der Waals surface area (Å²) in [5, 5.41) is 0. The molecule has 0 radical (unpaired) electrons. The predicted molar refractivity (Wildman–Crippen MR) is 224 cm³/mol. The molecule has 0 aromatic rings. The van der Waals surface area contributed by atoms with Crippen LogP contribution in [0.3, 0.4) is 0 Å². The molecular formula is C44H79NO9P+. The maximum absolute atomic E-state index is 12.7. The second kappa shape index (κ2) is 33.0. The third kappa shape index (κ3) is 33.8. The van der Waals surface area contributed by atoms with Gasteiger partial charge in [0.25, 0.3) is 0 Å². The third-order valence-corrected chi connectivity index (χ3v) is 10.2. The Bertz CT molecular complexity index is 1150. The van der Waals surface area contributed by atoms with Crippen LogP contribution in [0.25, 0.3) is 0 Å². The topological polar surface area (TPSA) is 121 Å². The molecule has 3 unspecified atom stereocenters. The Hall–Kier alpha value is -2.07. The summed E-state index contributed by atoms with van der Waals surface area (Å²) in [6.45, 7) is 4.26. The number of carbonyl (C=O) groups is 2. The molecule has 1 heterocycles. The Morgan fingerprint density at radius 3 is 1.89 bits per heavy atom. The van der Waals surface area contributed by atoms with Crippen LogP contribution in [0.1, 0.15) is 155 Å². The van der Waals surface area contributed by atoms with Crippen molar-refractivity contribution in [3.63, 3.8) is 0 Å². The van der Waals surface area contributed by atoms with Gasteiger partial charge in [0.15, 0.2) is 6.10 Å². The van der Waals surface area contributed by atoms with Crippen molar-refractivity contribution in [2.24, 2.45) is 0 Å². The molecule has 1 rings (SSSR count). The molecule has 55 heavy (non-hydrogen) atoms. The van der Waals surface area contributed by atoms with E-state index in [1.165, 1.54) is 51.4 Å². The largest absolute Gasteiger partial charge is 0.472 e. The van der Waals surface area contributed by atoms with Gasteiger partial charge in [-0.15, -0.1) is 0 Å². The van der Waals surface area contributed by atoms with Crippen molar-refractivity contribution >= 4 is 19.8 Å². The van der Waals surface area contributed by atoms with Crippen molar-refractivity contribution in [1.82, 2.24) is 0 Å². The summed E-state index contributed by atoms with van der Waals surface area (Å²) in [5.74, 6) is -0.889. The number of quaternary nitrogens is 1. The van der Waals surface area contributed by atoms with Gasteiger partial charge in [0, 0.05) is 12.8 Å². The average Bonchev–Trinajstić information content (AvgIpc) is 3.88. The van der Waals surface area contributed by atoms with Crippen molar-refractivity contribution in [3.8, 4) is 0 Å². The number of ether oxygens (including phenoxy) is 3. The molecule has 1 aliphatic rings. The van der Waals surface area contributed by atoms with E-state index in [-0.39, 0.29) is 38.3 Å². The fraction of sp³-hybridized carbons (Fsp3) is 0.773. The zero-order valence-electron chi connectivity index (χ0n) is 35.3. The smallest absolute Gasteiger partial charge is 0.462 e. The molecular weight excluding hydrogens is 717 g/mol. The van der Waals surface area contributed by atoms with E-state index in [1.807, 2.05) is 21.1 Å². The highest BCUT2D eigenvalue weighted by molar-refractivity contribution is 7.47. The molecule has 0 amide bonds. The first-order valence-electron chi connectivity index (χ1n) is 21.5. The van der Waals surface area contributed by atoms with Gasteiger partial charge in [-0.05, 0) is 77.0 Å². The van der Waals surface area contributed by atoms with Crippen molar-refractivity contribution in [2.45, 2.75) is 173 Å². The molecule has 0 aromatic carbocycles. The molecule has 0 saturated carbocycles. The van der Waals surface area contributed by atoms with Crippen LogP contribution in [-0.2, 0) is 37.4 Å². The summed E-state index contributed by atoms with van der Waals surface area (Å²) in [6.07, 6.45) is 38.9. The van der Waals surface area contributed by atoms with Gasteiger partial charge in [-0.3, -0.25) is 18.6 Å². The first kappa shape index (κ1) is 50.9. The maximum atomic E-state index is 12.7. The number of unbranched alkanes of at least 4 members (excludes halogenated alkanes) is 12. The summed E-state index contributed by atoms with van der Waals surface area (Å²) in [4.78, 5) is 35.4. The number of likely N-dealkylation sites (N-methyl/N-ethyl adjacent to an activating group) is 1.